The summed E-state index contributed by atoms with van der Waals surface area (Å²) in [5.74, 6) is -2.00. The van der Waals surface area contributed by atoms with Gasteiger partial charge in [0.1, 0.15) is 6.33 Å². The van der Waals surface area contributed by atoms with Gasteiger partial charge in [0.25, 0.3) is 0 Å². The number of fused-ring (bicyclic) bond motifs is 2. The Kier molecular flexibility index (Phi) is 4.49. The molecule has 6 nitrogen and oxygen atoms in total. The highest BCUT2D eigenvalue weighted by atomic mass is 19.3. The van der Waals surface area contributed by atoms with Gasteiger partial charge < -0.3 is 5.32 Å². The molecule has 3 aromatic rings. The van der Waals surface area contributed by atoms with Crippen molar-refractivity contribution in [2.75, 3.05) is 5.32 Å². The van der Waals surface area contributed by atoms with E-state index in [1.54, 1.807) is 4.52 Å². The highest BCUT2D eigenvalue weighted by molar-refractivity contribution is 5.81. The van der Waals surface area contributed by atoms with Crippen LogP contribution in [0, 0.1) is 0 Å². The number of pyridine rings is 1. The fraction of sp³-hybridized carbons (Fsp3) is 0.429. The summed E-state index contributed by atoms with van der Waals surface area (Å²) >= 11 is 0. The molecule has 1 saturated carbocycles. The Labute approximate surface area is 167 Å². The van der Waals surface area contributed by atoms with Crippen LogP contribution in [0.1, 0.15) is 55.3 Å². The molecule has 1 fully saturated rings. The molecule has 0 amide bonds. The number of alkyl halides is 2. The molecular formula is C21H22F2N6. The maximum absolute atomic E-state index is 13.4. The van der Waals surface area contributed by atoms with Crippen molar-refractivity contribution in [1.29, 1.82) is 0 Å². The van der Waals surface area contributed by atoms with Crippen LogP contribution in [-0.4, -0.2) is 36.5 Å². The van der Waals surface area contributed by atoms with E-state index in [-0.39, 0.29) is 18.9 Å². The molecule has 0 aromatic carbocycles. The standard InChI is InChI=1S/C21H22F2N6/c22-21(23)9-7-15(8-10-21)27-20-24-11-17-16(3-1-2-4-18(17)28-20)14-5-6-19-25-13-26-29(19)12-14/h3,5-6,11-13,15H,1-2,4,7-10H2,(H,24,27,28). The number of halogens is 2. The quantitative estimate of drug-likeness (QED) is 0.716. The molecule has 0 radical (unpaired) electrons. The van der Waals surface area contributed by atoms with Gasteiger partial charge in [-0.05, 0) is 49.8 Å². The Morgan fingerprint density at radius 2 is 2.00 bits per heavy atom. The number of anilines is 1. The van der Waals surface area contributed by atoms with Crippen LogP contribution >= 0.6 is 0 Å². The second-order valence-corrected chi connectivity index (χ2v) is 7.82. The summed E-state index contributed by atoms with van der Waals surface area (Å²) in [7, 11) is 0. The van der Waals surface area contributed by atoms with Crippen molar-refractivity contribution >= 4 is 17.2 Å². The van der Waals surface area contributed by atoms with Gasteiger partial charge in [0.15, 0.2) is 5.65 Å². The molecule has 2 aliphatic rings. The molecule has 3 heterocycles. The molecule has 0 spiro atoms. The zero-order chi connectivity index (χ0) is 19.8. The van der Waals surface area contributed by atoms with Gasteiger partial charge in [0, 0.05) is 42.4 Å². The molecule has 0 aliphatic heterocycles. The van der Waals surface area contributed by atoms with Crippen LogP contribution < -0.4 is 5.32 Å². The fourth-order valence-electron chi connectivity index (χ4n) is 4.14. The smallest absolute Gasteiger partial charge is 0.248 e. The molecule has 3 aromatic heterocycles. The third kappa shape index (κ3) is 3.71. The monoisotopic (exact) mass is 396 g/mol. The highest BCUT2D eigenvalue weighted by Gasteiger charge is 2.35. The summed E-state index contributed by atoms with van der Waals surface area (Å²) in [4.78, 5) is 13.4. The molecule has 8 heteroatoms. The zero-order valence-electron chi connectivity index (χ0n) is 16.0. The Bertz CT molecular complexity index is 1060. The van der Waals surface area contributed by atoms with Crippen molar-refractivity contribution in [2.24, 2.45) is 0 Å². The van der Waals surface area contributed by atoms with Crippen molar-refractivity contribution in [3.8, 4) is 0 Å². The molecule has 0 saturated heterocycles. The number of rotatable bonds is 3. The van der Waals surface area contributed by atoms with Gasteiger partial charge in [-0.25, -0.2) is 28.2 Å². The topological polar surface area (TPSA) is 68.0 Å². The average molecular weight is 396 g/mol. The Balaban J connectivity index is 1.41. The van der Waals surface area contributed by atoms with Crippen molar-refractivity contribution in [1.82, 2.24) is 24.6 Å². The maximum Gasteiger partial charge on any atom is 0.248 e. The van der Waals surface area contributed by atoms with E-state index in [2.05, 4.69) is 26.5 Å². The lowest BCUT2D eigenvalue weighted by atomic mass is 9.92. The second kappa shape index (κ2) is 7.17. The fourth-order valence-corrected chi connectivity index (χ4v) is 4.14. The first kappa shape index (κ1) is 18.1. The predicted octanol–water partition coefficient (Wildman–Crippen LogP) is 4.28. The summed E-state index contributed by atoms with van der Waals surface area (Å²) in [6.07, 6.45) is 11.1. The van der Waals surface area contributed by atoms with Crippen LogP contribution in [0.4, 0.5) is 14.7 Å². The van der Waals surface area contributed by atoms with Crippen LogP contribution in [0.3, 0.4) is 0 Å². The number of nitrogens with one attached hydrogen (secondary N) is 1. The van der Waals surface area contributed by atoms with Crippen molar-refractivity contribution in [3.63, 3.8) is 0 Å². The normalized spacial score (nSPS) is 19.4. The number of hydrogen-bond acceptors (Lipinski definition) is 5. The third-order valence-corrected chi connectivity index (χ3v) is 5.76. The minimum Gasteiger partial charge on any atom is -0.351 e. The van der Waals surface area contributed by atoms with E-state index < -0.39 is 5.92 Å². The highest BCUT2D eigenvalue weighted by Crippen LogP contribution is 2.34. The summed E-state index contributed by atoms with van der Waals surface area (Å²) in [5.41, 5.74) is 4.95. The van der Waals surface area contributed by atoms with Gasteiger partial charge in [-0.1, -0.05) is 6.08 Å². The lowest BCUT2D eigenvalue weighted by molar-refractivity contribution is -0.0361. The largest absolute Gasteiger partial charge is 0.351 e. The SMILES string of the molecule is FC1(F)CCC(Nc2ncc3c(n2)CCCC=C3c2ccc3ncnn3c2)CC1. The van der Waals surface area contributed by atoms with E-state index in [9.17, 15) is 8.78 Å². The Hall–Kier alpha value is -2.90. The summed E-state index contributed by atoms with van der Waals surface area (Å²) in [5, 5.41) is 7.49. The number of allylic oxidation sites excluding steroid dienone is 1. The zero-order valence-corrected chi connectivity index (χ0v) is 16.0. The van der Waals surface area contributed by atoms with E-state index in [1.807, 2.05) is 24.5 Å². The Morgan fingerprint density at radius 3 is 2.86 bits per heavy atom. The number of nitrogens with zero attached hydrogens (tertiary/aromatic N) is 5. The third-order valence-electron chi connectivity index (χ3n) is 5.76. The van der Waals surface area contributed by atoms with Gasteiger partial charge in [-0.3, -0.25) is 0 Å². The van der Waals surface area contributed by atoms with E-state index >= 15 is 0 Å². The first-order valence-corrected chi connectivity index (χ1v) is 10.1. The first-order valence-electron chi connectivity index (χ1n) is 10.1. The number of aryl methyl sites for hydroxylation is 1. The van der Waals surface area contributed by atoms with Crippen molar-refractivity contribution < 1.29 is 8.78 Å². The predicted molar refractivity (Wildman–Crippen MR) is 106 cm³/mol. The van der Waals surface area contributed by atoms with Crippen LogP contribution in [0.15, 0.2) is 36.9 Å². The molecule has 0 bridgehead atoms. The maximum atomic E-state index is 13.4. The lowest BCUT2D eigenvalue weighted by Gasteiger charge is -2.28. The molecular weight excluding hydrogens is 374 g/mol. The van der Waals surface area contributed by atoms with E-state index in [0.29, 0.717) is 18.8 Å². The minimum absolute atomic E-state index is 0.00295. The molecule has 0 atom stereocenters. The van der Waals surface area contributed by atoms with Gasteiger partial charge in [-0.2, -0.15) is 5.10 Å². The molecule has 29 heavy (non-hydrogen) atoms. The number of aromatic nitrogens is 5. The van der Waals surface area contributed by atoms with Crippen LogP contribution in [0.2, 0.25) is 0 Å². The minimum atomic E-state index is -2.53. The molecule has 5 rings (SSSR count). The van der Waals surface area contributed by atoms with Gasteiger partial charge >= 0.3 is 0 Å². The van der Waals surface area contributed by atoms with Crippen LogP contribution in [-0.2, 0) is 6.42 Å². The van der Waals surface area contributed by atoms with Crippen molar-refractivity contribution in [2.45, 2.75) is 56.9 Å². The van der Waals surface area contributed by atoms with Crippen LogP contribution in [0.25, 0.3) is 11.2 Å². The first-order chi connectivity index (χ1) is 14.1. The van der Waals surface area contributed by atoms with Crippen molar-refractivity contribution in [3.05, 3.63) is 53.8 Å². The van der Waals surface area contributed by atoms with E-state index in [4.69, 9.17) is 4.98 Å². The summed E-state index contributed by atoms with van der Waals surface area (Å²) in [6, 6.07) is 3.99. The molecule has 0 unspecified atom stereocenters. The summed E-state index contributed by atoms with van der Waals surface area (Å²) in [6.45, 7) is 0. The van der Waals surface area contributed by atoms with Crippen LogP contribution in [0.5, 0.6) is 0 Å². The lowest BCUT2D eigenvalue weighted by Crippen LogP contribution is -2.32. The second-order valence-electron chi connectivity index (χ2n) is 7.82. The van der Waals surface area contributed by atoms with E-state index in [0.717, 1.165) is 47.3 Å². The van der Waals surface area contributed by atoms with Gasteiger partial charge in [0.2, 0.25) is 11.9 Å². The number of hydrogen-bond donors (Lipinski definition) is 1. The molecule has 150 valence electrons. The molecule has 2 aliphatic carbocycles. The van der Waals surface area contributed by atoms with Gasteiger partial charge in [-0.15, -0.1) is 0 Å². The van der Waals surface area contributed by atoms with Gasteiger partial charge in [0.05, 0.1) is 5.69 Å². The molecule has 1 N–H and O–H groups in total. The Morgan fingerprint density at radius 1 is 1.14 bits per heavy atom. The average Bonchev–Trinajstić information content (AvgIpc) is 3.08. The summed E-state index contributed by atoms with van der Waals surface area (Å²) < 4.78 is 28.5. The van der Waals surface area contributed by atoms with E-state index in [1.165, 1.54) is 6.33 Å².